The van der Waals surface area contributed by atoms with Gasteiger partial charge in [-0.1, -0.05) is 0 Å². The van der Waals surface area contributed by atoms with E-state index in [1.807, 2.05) is 24.4 Å². The Balaban J connectivity index is 1.65. The Labute approximate surface area is 164 Å². The van der Waals surface area contributed by atoms with Crippen molar-refractivity contribution in [1.82, 2.24) is 14.9 Å². The molecular weight excluding hydrogens is 380 g/mol. The van der Waals surface area contributed by atoms with Crippen LogP contribution < -0.4 is 10.9 Å². The predicted molar refractivity (Wildman–Crippen MR) is 107 cm³/mol. The second kappa shape index (κ2) is 6.59. The second-order valence-corrected chi connectivity index (χ2v) is 9.20. The van der Waals surface area contributed by atoms with Crippen molar-refractivity contribution in [2.75, 3.05) is 0 Å². The van der Waals surface area contributed by atoms with Crippen LogP contribution in [-0.2, 0) is 11.3 Å². The summed E-state index contributed by atoms with van der Waals surface area (Å²) in [5.41, 5.74) is -0.247. The topological polar surface area (TPSA) is 87.8 Å². The molecule has 3 aromatic heterocycles. The van der Waals surface area contributed by atoms with E-state index in [1.54, 1.807) is 18.3 Å². The van der Waals surface area contributed by atoms with E-state index in [1.165, 1.54) is 27.1 Å². The molecule has 1 saturated carbocycles. The quantitative estimate of drug-likeness (QED) is 0.714. The van der Waals surface area contributed by atoms with Crippen LogP contribution in [0.4, 0.5) is 0 Å². The van der Waals surface area contributed by atoms with Gasteiger partial charge >= 0.3 is 0 Å². The van der Waals surface area contributed by atoms with E-state index in [2.05, 4.69) is 16.4 Å². The van der Waals surface area contributed by atoms with Crippen molar-refractivity contribution in [3.63, 3.8) is 0 Å². The maximum atomic E-state index is 13.0. The summed E-state index contributed by atoms with van der Waals surface area (Å²) in [5, 5.41) is 14.7. The van der Waals surface area contributed by atoms with Crippen molar-refractivity contribution < 1.29 is 4.79 Å². The van der Waals surface area contributed by atoms with Gasteiger partial charge < -0.3 is 5.32 Å². The molecule has 6 nitrogen and oxygen atoms in total. The highest BCUT2D eigenvalue weighted by atomic mass is 32.1. The zero-order valence-electron chi connectivity index (χ0n) is 15.0. The van der Waals surface area contributed by atoms with E-state index < -0.39 is 5.54 Å². The third-order valence-corrected chi connectivity index (χ3v) is 6.83. The number of nitriles is 1. The van der Waals surface area contributed by atoms with E-state index in [9.17, 15) is 14.9 Å². The van der Waals surface area contributed by atoms with E-state index in [4.69, 9.17) is 0 Å². The summed E-state index contributed by atoms with van der Waals surface area (Å²) in [6.45, 7) is 3.61. The molecule has 0 radical (unpaired) electrons. The summed E-state index contributed by atoms with van der Waals surface area (Å²) in [5.74, 6) is -0.160. The Bertz CT molecular complexity index is 1130. The van der Waals surface area contributed by atoms with Gasteiger partial charge in [-0.25, -0.2) is 4.98 Å². The van der Waals surface area contributed by atoms with Crippen molar-refractivity contribution >= 4 is 38.8 Å². The summed E-state index contributed by atoms with van der Waals surface area (Å²) >= 11 is 3.05. The van der Waals surface area contributed by atoms with Gasteiger partial charge in [0.05, 0.1) is 17.8 Å². The largest absolute Gasteiger partial charge is 0.336 e. The van der Waals surface area contributed by atoms with Crippen LogP contribution in [0.3, 0.4) is 0 Å². The van der Waals surface area contributed by atoms with Gasteiger partial charge in [0.2, 0.25) is 5.91 Å². The number of aromatic nitrogens is 2. The SMILES string of the molecule is Cc1ccc(-c2csc3ncn(CC(=O)N[C@@](C)(C#N)C4CC4)c(=O)c23)s1. The van der Waals surface area contributed by atoms with Crippen molar-refractivity contribution in [2.24, 2.45) is 5.92 Å². The first-order chi connectivity index (χ1) is 12.9. The first kappa shape index (κ1) is 17.9. The molecule has 1 amide bonds. The van der Waals surface area contributed by atoms with Crippen LogP contribution >= 0.6 is 22.7 Å². The lowest BCUT2D eigenvalue weighted by molar-refractivity contribution is -0.123. The summed E-state index contributed by atoms with van der Waals surface area (Å²) in [4.78, 5) is 32.7. The highest BCUT2D eigenvalue weighted by Gasteiger charge is 2.43. The number of hydrogen-bond acceptors (Lipinski definition) is 6. The number of hydrogen-bond donors (Lipinski definition) is 1. The molecule has 3 heterocycles. The predicted octanol–water partition coefficient (Wildman–Crippen LogP) is 3.30. The number of rotatable bonds is 5. The normalized spacial score (nSPS) is 16.0. The summed E-state index contributed by atoms with van der Waals surface area (Å²) in [6, 6.07) is 6.22. The minimum atomic E-state index is -0.875. The lowest BCUT2D eigenvalue weighted by Crippen LogP contribution is -2.48. The van der Waals surface area contributed by atoms with Crippen LogP contribution in [0.5, 0.6) is 0 Å². The zero-order chi connectivity index (χ0) is 19.2. The molecule has 1 aliphatic rings. The lowest BCUT2D eigenvalue weighted by Gasteiger charge is -2.23. The molecule has 1 N–H and O–H groups in total. The molecule has 0 saturated heterocycles. The van der Waals surface area contributed by atoms with E-state index in [0.717, 1.165) is 23.3 Å². The molecule has 1 atom stereocenters. The molecule has 0 bridgehead atoms. The third-order valence-electron chi connectivity index (χ3n) is 4.91. The smallest absolute Gasteiger partial charge is 0.263 e. The molecule has 0 aliphatic heterocycles. The van der Waals surface area contributed by atoms with Gasteiger partial charge in [-0.2, -0.15) is 5.26 Å². The Kier molecular flexibility index (Phi) is 4.36. The third kappa shape index (κ3) is 3.29. The molecule has 1 aliphatic carbocycles. The van der Waals surface area contributed by atoms with Crippen molar-refractivity contribution in [3.8, 4) is 16.5 Å². The molecule has 4 rings (SSSR count). The van der Waals surface area contributed by atoms with E-state index in [-0.39, 0.29) is 23.9 Å². The molecule has 1 fully saturated rings. The van der Waals surface area contributed by atoms with Crippen LogP contribution in [0.2, 0.25) is 0 Å². The Hall–Kier alpha value is -2.50. The number of nitrogens with one attached hydrogen (secondary N) is 1. The fourth-order valence-corrected chi connectivity index (χ4v) is 5.07. The van der Waals surface area contributed by atoms with Gasteiger partial charge in [0.1, 0.15) is 16.9 Å². The van der Waals surface area contributed by atoms with Crippen molar-refractivity contribution in [2.45, 2.75) is 38.8 Å². The van der Waals surface area contributed by atoms with Crippen LogP contribution in [0.25, 0.3) is 20.7 Å². The number of thiophene rings is 2. The van der Waals surface area contributed by atoms with Gasteiger partial charge in [-0.05, 0) is 44.7 Å². The van der Waals surface area contributed by atoms with Crippen LogP contribution in [0, 0.1) is 24.2 Å². The fraction of sp³-hybridized carbons (Fsp3) is 0.368. The number of aryl methyl sites for hydroxylation is 1. The summed E-state index contributed by atoms with van der Waals surface area (Å²) < 4.78 is 1.32. The van der Waals surface area contributed by atoms with Crippen molar-refractivity contribution in [3.05, 3.63) is 39.1 Å². The molecule has 138 valence electrons. The molecule has 0 unspecified atom stereocenters. The van der Waals surface area contributed by atoms with E-state index in [0.29, 0.717) is 10.2 Å². The first-order valence-electron chi connectivity index (χ1n) is 8.67. The molecule has 8 heteroatoms. The summed E-state index contributed by atoms with van der Waals surface area (Å²) in [7, 11) is 0. The van der Waals surface area contributed by atoms with Gasteiger partial charge in [0.25, 0.3) is 5.56 Å². The molecule has 27 heavy (non-hydrogen) atoms. The molecule has 0 spiro atoms. The number of amides is 1. The Morgan fingerprint density at radius 1 is 1.48 bits per heavy atom. The van der Waals surface area contributed by atoms with Gasteiger partial charge in [-0.15, -0.1) is 22.7 Å². The second-order valence-electron chi connectivity index (χ2n) is 7.05. The fourth-order valence-electron chi connectivity index (χ4n) is 3.21. The lowest BCUT2D eigenvalue weighted by atomic mass is 9.98. The van der Waals surface area contributed by atoms with Crippen molar-refractivity contribution in [1.29, 1.82) is 5.26 Å². The average molecular weight is 399 g/mol. The Morgan fingerprint density at radius 3 is 2.89 bits per heavy atom. The number of carbonyl (C=O) groups excluding carboxylic acids is 1. The monoisotopic (exact) mass is 398 g/mol. The van der Waals surface area contributed by atoms with Gasteiger partial charge in [-0.3, -0.25) is 14.2 Å². The van der Waals surface area contributed by atoms with Crippen LogP contribution in [0.15, 0.2) is 28.6 Å². The Morgan fingerprint density at radius 2 is 2.26 bits per heavy atom. The number of fused-ring (bicyclic) bond motifs is 1. The van der Waals surface area contributed by atoms with Gasteiger partial charge in [0.15, 0.2) is 0 Å². The minimum Gasteiger partial charge on any atom is -0.336 e. The van der Waals surface area contributed by atoms with E-state index >= 15 is 0 Å². The zero-order valence-corrected chi connectivity index (χ0v) is 16.6. The number of carbonyl (C=O) groups is 1. The minimum absolute atomic E-state index is 0.148. The van der Waals surface area contributed by atoms with Crippen LogP contribution in [-0.4, -0.2) is 21.0 Å². The molecule has 0 aromatic carbocycles. The standard InChI is InChI=1S/C19H18N4O2S2/c1-11-3-6-14(27-11)13-8-26-17-16(13)18(25)23(10-21-17)7-15(24)22-19(2,9-20)12-4-5-12/h3,6,8,10,12H,4-5,7H2,1-2H3,(H,22,24)/t19-/m0/s1. The number of nitrogens with zero attached hydrogens (tertiary/aromatic N) is 3. The van der Waals surface area contributed by atoms with Crippen LogP contribution in [0.1, 0.15) is 24.6 Å². The molecular formula is C19H18N4O2S2. The van der Waals surface area contributed by atoms with Gasteiger partial charge in [0, 0.05) is 20.7 Å². The maximum absolute atomic E-state index is 13.0. The molecule has 3 aromatic rings. The maximum Gasteiger partial charge on any atom is 0.263 e. The summed E-state index contributed by atoms with van der Waals surface area (Å²) in [6.07, 6.45) is 3.29. The first-order valence-corrected chi connectivity index (χ1v) is 10.4. The highest BCUT2D eigenvalue weighted by Crippen LogP contribution is 2.39. The highest BCUT2D eigenvalue weighted by molar-refractivity contribution is 7.19. The average Bonchev–Trinajstić information content (AvgIpc) is 3.28.